The first-order valence-electron chi connectivity index (χ1n) is 8.56. The fourth-order valence-electron chi connectivity index (χ4n) is 3.71. The minimum Gasteiger partial charge on any atom is -0.385 e. The summed E-state index contributed by atoms with van der Waals surface area (Å²) in [6.45, 7) is 0. The van der Waals surface area contributed by atoms with E-state index in [1.807, 2.05) is 0 Å². The molecule has 2 atom stereocenters. The third kappa shape index (κ3) is 4.29. The van der Waals surface area contributed by atoms with Crippen LogP contribution in [0.3, 0.4) is 0 Å². The van der Waals surface area contributed by atoms with E-state index in [4.69, 9.17) is 0 Å². The fourth-order valence-corrected chi connectivity index (χ4v) is 3.71. The predicted octanol–water partition coefficient (Wildman–Crippen LogP) is 6.27. The molecule has 0 spiro atoms. The number of hydrogen-bond acceptors (Lipinski definition) is 1. The number of halogens is 6. The molecule has 3 rings (SSSR count). The smallest absolute Gasteiger partial charge is 0.385 e. The summed E-state index contributed by atoms with van der Waals surface area (Å²) in [5, 5.41) is 11.0. The van der Waals surface area contributed by atoms with Gasteiger partial charge in [-0.2, -0.15) is 26.3 Å². The van der Waals surface area contributed by atoms with E-state index in [1.54, 1.807) is 0 Å². The van der Waals surface area contributed by atoms with Gasteiger partial charge in [-0.05, 0) is 67.0 Å². The molecular weight excluding hydrogens is 370 g/mol. The molecule has 1 fully saturated rings. The van der Waals surface area contributed by atoms with Crippen molar-refractivity contribution in [3.05, 3.63) is 70.8 Å². The van der Waals surface area contributed by atoms with Gasteiger partial charge >= 0.3 is 12.4 Å². The summed E-state index contributed by atoms with van der Waals surface area (Å²) in [5.41, 5.74) is -1.74. The maximum atomic E-state index is 12.7. The van der Waals surface area contributed by atoms with Gasteiger partial charge in [0.2, 0.25) is 0 Å². The molecule has 1 aliphatic carbocycles. The lowest BCUT2D eigenvalue weighted by atomic mass is 9.72. The van der Waals surface area contributed by atoms with E-state index in [1.165, 1.54) is 24.3 Å². The van der Waals surface area contributed by atoms with E-state index in [2.05, 4.69) is 0 Å². The minimum atomic E-state index is -4.45. The Kier molecular flexibility index (Phi) is 5.01. The quantitative estimate of drug-likeness (QED) is 0.601. The normalized spacial score (nSPS) is 24.0. The molecule has 1 saturated carbocycles. The van der Waals surface area contributed by atoms with Crippen molar-refractivity contribution in [2.45, 2.75) is 49.6 Å². The van der Waals surface area contributed by atoms with Crippen LogP contribution < -0.4 is 0 Å². The molecule has 0 radical (unpaired) electrons. The van der Waals surface area contributed by atoms with Crippen molar-refractivity contribution in [3.8, 4) is 0 Å². The number of hydrogen-bond donors (Lipinski definition) is 1. The van der Waals surface area contributed by atoms with Crippen LogP contribution in [0.2, 0.25) is 0 Å². The summed E-state index contributed by atoms with van der Waals surface area (Å²) in [5.74, 6) is -0.159. The summed E-state index contributed by atoms with van der Waals surface area (Å²) < 4.78 is 76.3. The molecule has 0 saturated heterocycles. The zero-order valence-corrected chi connectivity index (χ0v) is 14.2. The summed E-state index contributed by atoms with van der Waals surface area (Å²) in [6, 6.07) is 9.28. The van der Waals surface area contributed by atoms with Crippen molar-refractivity contribution >= 4 is 0 Å². The number of aliphatic hydroxyl groups is 1. The van der Waals surface area contributed by atoms with Crippen LogP contribution in [0.5, 0.6) is 0 Å². The molecule has 0 aliphatic heterocycles. The first kappa shape index (κ1) is 19.7. The molecule has 0 heterocycles. The second-order valence-electron chi connectivity index (χ2n) is 7.02. The van der Waals surface area contributed by atoms with Crippen molar-refractivity contribution < 1.29 is 31.4 Å². The Hall–Kier alpha value is -2.02. The maximum absolute atomic E-state index is 12.7. The second kappa shape index (κ2) is 6.86. The van der Waals surface area contributed by atoms with Gasteiger partial charge in [-0.1, -0.05) is 24.3 Å². The Morgan fingerprint density at radius 1 is 0.778 bits per heavy atom. The van der Waals surface area contributed by atoms with Crippen LogP contribution in [0.1, 0.15) is 53.9 Å². The Morgan fingerprint density at radius 2 is 1.26 bits per heavy atom. The molecular formula is C20H18F6O. The molecule has 1 aliphatic rings. The molecule has 2 aromatic carbocycles. The predicted molar refractivity (Wildman–Crippen MR) is 88.0 cm³/mol. The highest BCUT2D eigenvalue weighted by molar-refractivity contribution is 5.32. The van der Waals surface area contributed by atoms with Crippen molar-refractivity contribution in [2.24, 2.45) is 0 Å². The highest BCUT2D eigenvalue weighted by Gasteiger charge is 2.38. The first-order valence-corrected chi connectivity index (χ1v) is 8.56. The van der Waals surface area contributed by atoms with Crippen molar-refractivity contribution in [3.63, 3.8) is 0 Å². The highest BCUT2D eigenvalue weighted by atomic mass is 19.4. The van der Waals surface area contributed by atoms with Gasteiger partial charge in [0, 0.05) is 0 Å². The van der Waals surface area contributed by atoms with Gasteiger partial charge in [-0.3, -0.25) is 0 Å². The molecule has 0 aromatic heterocycles. The summed E-state index contributed by atoms with van der Waals surface area (Å²) in [6.07, 6.45) is -6.88. The average Bonchev–Trinajstić information content (AvgIpc) is 2.60. The molecule has 2 aromatic rings. The molecule has 1 N–H and O–H groups in total. The number of alkyl halides is 6. The third-order valence-electron chi connectivity index (χ3n) is 5.19. The zero-order chi connectivity index (χ0) is 19.9. The molecule has 146 valence electrons. The van der Waals surface area contributed by atoms with Gasteiger partial charge in [0.1, 0.15) is 0 Å². The van der Waals surface area contributed by atoms with Gasteiger partial charge in [-0.25, -0.2) is 0 Å². The van der Waals surface area contributed by atoms with Crippen molar-refractivity contribution in [1.29, 1.82) is 0 Å². The van der Waals surface area contributed by atoms with E-state index in [9.17, 15) is 31.4 Å². The monoisotopic (exact) mass is 388 g/mol. The molecule has 27 heavy (non-hydrogen) atoms. The van der Waals surface area contributed by atoms with Gasteiger partial charge < -0.3 is 5.11 Å². The number of rotatable bonds is 2. The summed E-state index contributed by atoms with van der Waals surface area (Å²) in [7, 11) is 0. The van der Waals surface area contributed by atoms with Crippen LogP contribution >= 0.6 is 0 Å². The lowest BCUT2D eigenvalue weighted by molar-refractivity contribution is -0.138. The van der Waals surface area contributed by atoms with Gasteiger partial charge in [0.25, 0.3) is 0 Å². The molecule has 1 nitrogen and oxygen atoms in total. The van der Waals surface area contributed by atoms with Crippen LogP contribution in [0.15, 0.2) is 48.5 Å². The average molecular weight is 388 g/mol. The number of benzene rings is 2. The summed E-state index contributed by atoms with van der Waals surface area (Å²) >= 11 is 0. The zero-order valence-electron chi connectivity index (χ0n) is 14.2. The summed E-state index contributed by atoms with van der Waals surface area (Å²) in [4.78, 5) is 0. The molecule has 0 unspecified atom stereocenters. The van der Waals surface area contributed by atoms with Crippen LogP contribution in [0.25, 0.3) is 0 Å². The SMILES string of the molecule is O[C@]1(c2ccc(C(F)(F)F)cc2)CCC[C@@H](c2ccc(C(F)(F)F)cc2)C1. The molecule has 0 bridgehead atoms. The largest absolute Gasteiger partial charge is 0.416 e. The van der Waals surface area contributed by atoms with E-state index < -0.39 is 29.1 Å². The second-order valence-corrected chi connectivity index (χ2v) is 7.02. The van der Waals surface area contributed by atoms with Gasteiger partial charge in [-0.15, -0.1) is 0 Å². The van der Waals surface area contributed by atoms with E-state index in [0.717, 1.165) is 24.3 Å². The van der Waals surface area contributed by atoms with Gasteiger partial charge in [0.05, 0.1) is 16.7 Å². The topological polar surface area (TPSA) is 20.2 Å². The Morgan fingerprint density at radius 3 is 1.74 bits per heavy atom. The van der Waals surface area contributed by atoms with Crippen LogP contribution in [-0.2, 0) is 18.0 Å². The maximum Gasteiger partial charge on any atom is 0.416 e. The Balaban J connectivity index is 1.80. The Labute approximate surface area is 152 Å². The fraction of sp³-hybridized carbons (Fsp3) is 0.400. The first-order chi connectivity index (χ1) is 12.5. The van der Waals surface area contributed by atoms with E-state index in [-0.39, 0.29) is 12.3 Å². The van der Waals surface area contributed by atoms with Crippen molar-refractivity contribution in [2.75, 3.05) is 0 Å². The lowest BCUT2D eigenvalue weighted by Gasteiger charge is -2.37. The molecule has 0 amide bonds. The lowest BCUT2D eigenvalue weighted by Crippen LogP contribution is -2.32. The Bertz CT molecular complexity index is 776. The van der Waals surface area contributed by atoms with Crippen LogP contribution in [0, 0.1) is 0 Å². The third-order valence-corrected chi connectivity index (χ3v) is 5.19. The molecule has 7 heteroatoms. The van der Waals surface area contributed by atoms with Crippen molar-refractivity contribution in [1.82, 2.24) is 0 Å². The van der Waals surface area contributed by atoms with Crippen LogP contribution in [-0.4, -0.2) is 5.11 Å². The standard InChI is InChI=1S/C20H18F6O/c21-19(22,23)16-5-3-13(4-6-16)14-2-1-11-18(27,12-14)15-7-9-17(10-8-15)20(24,25)26/h3-10,14,27H,1-2,11-12H2/t14-,18-/m1/s1. The van der Waals surface area contributed by atoms with E-state index >= 15 is 0 Å². The van der Waals surface area contributed by atoms with Crippen LogP contribution in [0.4, 0.5) is 26.3 Å². The van der Waals surface area contributed by atoms with E-state index in [0.29, 0.717) is 30.4 Å². The van der Waals surface area contributed by atoms with Gasteiger partial charge in [0.15, 0.2) is 0 Å². The highest BCUT2D eigenvalue weighted by Crippen LogP contribution is 2.45. The minimum absolute atomic E-state index is 0.159.